The van der Waals surface area contributed by atoms with Gasteiger partial charge in [-0.05, 0) is 54.3 Å². The molecule has 294 valence electrons. The van der Waals surface area contributed by atoms with Crippen molar-refractivity contribution in [3.05, 3.63) is 66.0 Å². The van der Waals surface area contributed by atoms with E-state index < -0.39 is 36.0 Å². The van der Waals surface area contributed by atoms with Gasteiger partial charge in [-0.15, -0.1) is 54.0 Å². The quantitative estimate of drug-likeness (QED) is 0.133. The highest BCUT2D eigenvalue weighted by molar-refractivity contribution is 7.19. The fourth-order valence-electron chi connectivity index (χ4n) is 7.26. The molecule has 17 nitrogen and oxygen atoms in total. The summed E-state index contributed by atoms with van der Waals surface area (Å²) in [6.45, 7) is 3.03. The Morgan fingerprint density at radius 2 is 1.50 bits per heavy atom. The fraction of sp³-hybridized carbons (Fsp3) is 0.406. The second-order valence-electron chi connectivity index (χ2n) is 13.4. The number of alkyl halides is 3. The first kappa shape index (κ1) is 37.3. The van der Waals surface area contributed by atoms with Gasteiger partial charge in [-0.25, -0.2) is 0 Å². The third kappa shape index (κ3) is 8.60. The Kier molecular flexibility index (Phi) is 10.3. The lowest BCUT2D eigenvalue weighted by molar-refractivity contribution is -0.274. The predicted octanol–water partition coefficient (Wildman–Crippen LogP) is 3.65. The van der Waals surface area contributed by atoms with E-state index in [9.17, 15) is 26.7 Å². The van der Waals surface area contributed by atoms with Gasteiger partial charge in [0, 0.05) is 51.2 Å². The van der Waals surface area contributed by atoms with Crippen molar-refractivity contribution in [3.63, 3.8) is 0 Å². The number of aromatic nitrogens is 8. The monoisotopic (exact) mass is 817 g/mol. The number of carbonyl (C=O) groups excluding carboxylic acids is 1. The van der Waals surface area contributed by atoms with Crippen LogP contribution in [0, 0.1) is 23.7 Å². The maximum absolute atomic E-state index is 14.1. The number of amides is 1. The summed E-state index contributed by atoms with van der Waals surface area (Å²) in [5.41, 5.74) is 6.10. The molecule has 0 aliphatic carbocycles. The lowest BCUT2D eigenvalue weighted by Gasteiger charge is -2.47. The number of nitrogens with one attached hydrogen (secondary N) is 3. The van der Waals surface area contributed by atoms with Crippen LogP contribution in [-0.4, -0.2) is 109 Å². The summed E-state index contributed by atoms with van der Waals surface area (Å²) in [6, 6.07) is 9.71. The predicted molar refractivity (Wildman–Crippen MR) is 195 cm³/mol. The summed E-state index contributed by atoms with van der Waals surface area (Å²) in [5.74, 6) is -1.32. The number of ether oxygens (including phenoxy) is 1. The second kappa shape index (κ2) is 15.5. The van der Waals surface area contributed by atoms with E-state index in [0.29, 0.717) is 66.3 Å². The van der Waals surface area contributed by atoms with Crippen molar-refractivity contribution in [2.75, 3.05) is 70.8 Å². The van der Waals surface area contributed by atoms with Crippen LogP contribution in [0.25, 0.3) is 0 Å². The van der Waals surface area contributed by atoms with Gasteiger partial charge in [-0.1, -0.05) is 34.8 Å². The van der Waals surface area contributed by atoms with Crippen molar-refractivity contribution < 1.29 is 31.5 Å². The second-order valence-corrected chi connectivity index (χ2v) is 15.4. The Morgan fingerprint density at radius 1 is 0.804 bits per heavy atom. The number of hydrogen-bond acceptors (Lipinski definition) is 18. The molecule has 5 N–H and O–H groups in total. The Balaban J connectivity index is 0.972. The summed E-state index contributed by atoms with van der Waals surface area (Å²) >= 11 is 2.31. The van der Waals surface area contributed by atoms with Crippen LogP contribution in [-0.2, 0) is 4.79 Å². The number of anilines is 6. The molecule has 24 heteroatoms. The number of halogens is 5. The Labute approximate surface area is 322 Å². The van der Waals surface area contributed by atoms with Crippen LogP contribution in [0.4, 0.5) is 54.1 Å². The highest BCUT2D eigenvalue weighted by Gasteiger charge is 2.47. The molecular weight excluding hydrogens is 786 g/mol. The molecule has 3 aliphatic rings. The Bertz CT molecular complexity index is 2140. The van der Waals surface area contributed by atoms with Gasteiger partial charge in [0.1, 0.15) is 11.8 Å². The van der Waals surface area contributed by atoms with Crippen molar-refractivity contribution in [1.29, 1.82) is 0 Å². The van der Waals surface area contributed by atoms with Crippen LogP contribution < -0.4 is 36.2 Å². The molecule has 1 unspecified atom stereocenters. The molecule has 4 aromatic heterocycles. The number of nitrogens with zero attached hydrogens (tertiary/aromatic N) is 11. The number of benzene rings is 1. The van der Waals surface area contributed by atoms with Gasteiger partial charge < -0.3 is 30.9 Å². The van der Waals surface area contributed by atoms with Crippen LogP contribution in [0.2, 0.25) is 0 Å². The standard InChI is InChI=1S/C32H32F5N15O2S2/c33-22-4-6-24(44-42-22)50-9-8-18(13-50)39-29-48-49-31(56-29)41-27(53)26(16-2-1-3-19(10-16)54-32(35,36)37)52-11-17(12-52)20-14-51(25-7-5-23(34)43-45-25)15-21(20)40-30-47-46-28(38)55-30/h1-7,10,17-18,20-21,26H,8-9,11-15H2,(H2,38,46)(H,39,48)(H,40,47)(H,41,49,53)/t18-,20?,21+,26+/m1/s1. The molecule has 3 fully saturated rings. The lowest BCUT2D eigenvalue weighted by Crippen LogP contribution is -2.56. The largest absolute Gasteiger partial charge is 0.573 e. The van der Waals surface area contributed by atoms with Crippen molar-refractivity contribution in [2.45, 2.75) is 30.9 Å². The first-order valence-electron chi connectivity index (χ1n) is 17.3. The number of likely N-dealkylation sites (tertiary alicyclic amines) is 1. The summed E-state index contributed by atoms with van der Waals surface area (Å²) in [6.07, 6.45) is -4.20. The van der Waals surface area contributed by atoms with Gasteiger partial charge in [-0.3, -0.25) is 15.0 Å². The molecule has 1 aromatic carbocycles. The van der Waals surface area contributed by atoms with Crippen molar-refractivity contribution in [3.8, 4) is 5.75 Å². The van der Waals surface area contributed by atoms with Gasteiger partial charge in [0.25, 0.3) is 0 Å². The molecule has 0 bridgehead atoms. The molecule has 3 saturated heterocycles. The highest BCUT2D eigenvalue weighted by atomic mass is 32.1. The Hall–Kier alpha value is -5.62. The SMILES string of the molecule is Nc1nnc(N[C@H]2CN(c3ccc(F)nn3)CC2C2CN([C@H](C(=O)Nc3nnc(N[C@@H]4CCN(c5ccc(F)nn5)C4)s3)c3cccc(OC(F)(F)F)c3)C2)s1. The third-order valence-electron chi connectivity index (χ3n) is 9.73. The van der Waals surface area contributed by atoms with Crippen molar-refractivity contribution in [1.82, 2.24) is 45.7 Å². The zero-order valence-corrected chi connectivity index (χ0v) is 30.6. The van der Waals surface area contributed by atoms with Gasteiger partial charge in [0.2, 0.25) is 38.3 Å². The van der Waals surface area contributed by atoms with Gasteiger partial charge in [-0.2, -0.15) is 8.78 Å². The molecule has 3 aliphatic heterocycles. The lowest BCUT2D eigenvalue weighted by atomic mass is 9.81. The first-order chi connectivity index (χ1) is 26.9. The maximum Gasteiger partial charge on any atom is 0.573 e. The summed E-state index contributed by atoms with van der Waals surface area (Å²) < 4.78 is 70.7. The first-order valence-corrected chi connectivity index (χ1v) is 18.9. The smallest absolute Gasteiger partial charge is 0.406 e. The number of carbonyl (C=O) groups is 1. The fourth-order valence-corrected chi connectivity index (χ4v) is 8.56. The minimum atomic E-state index is -4.93. The molecule has 0 saturated carbocycles. The Morgan fingerprint density at radius 3 is 2.18 bits per heavy atom. The summed E-state index contributed by atoms with van der Waals surface area (Å²) in [5, 5.41) is 42.2. The molecule has 7 heterocycles. The zero-order valence-electron chi connectivity index (χ0n) is 29.0. The highest BCUT2D eigenvalue weighted by Crippen LogP contribution is 2.40. The van der Waals surface area contributed by atoms with Crippen LogP contribution in [0.15, 0.2) is 48.5 Å². The minimum Gasteiger partial charge on any atom is -0.406 e. The summed E-state index contributed by atoms with van der Waals surface area (Å²) in [4.78, 5) is 19.9. The van der Waals surface area contributed by atoms with Crippen molar-refractivity contribution >= 4 is 60.7 Å². The molecule has 1 amide bonds. The van der Waals surface area contributed by atoms with Crippen LogP contribution in [0.5, 0.6) is 5.75 Å². The van der Waals surface area contributed by atoms with E-state index in [4.69, 9.17) is 5.73 Å². The maximum atomic E-state index is 14.1. The average Bonchev–Trinajstić information content (AvgIpc) is 3.96. The third-order valence-corrected chi connectivity index (χ3v) is 11.2. The van der Waals surface area contributed by atoms with E-state index in [1.165, 1.54) is 41.7 Å². The zero-order chi connectivity index (χ0) is 39.0. The van der Waals surface area contributed by atoms with Crippen molar-refractivity contribution in [2.24, 2.45) is 11.8 Å². The molecule has 5 aromatic rings. The molecule has 0 spiro atoms. The minimum absolute atomic E-state index is 0.0188. The van der Waals surface area contributed by atoms with Gasteiger partial charge in [0.05, 0.1) is 6.04 Å². The number of nitrogens with two attached hydrogens (primary N) is 1. The molecule has 0 radical (unpaired) electrons. The molecule has 8 rings (SSSR count). The number of hydrogen-bond donors (Lipinski definition) is 4. The van der Waals surface area contributed by atoms with E-state index in [1.807, 2.05) is 14.7 Å². The van der Waals surface area contributed by atoms with E-state index in [1.54, 1.807) is 18.2 Å². The molecule has 4 atom stereocenters. The molecule has 56 heavy (non-hydrogen) atoms. The van der Waals surface area contributed by atoms with E-state index in [-0.39, 0.29) is 34.6 Å². The summed E-state index contributed by atoms with van der Waals surface area (Å²) in [7, 11) is 0. The molecular formula is C32H32F5N15O2S2. The van der Waals surface area contributed by atoms with Crippen LogP contribution in [0.3, 0.4) is 0 Å². The topological polar surface area (TPSA) is 201 Å². The van der Waals surface area contributed by atoms with Crippen LogP contribution in [0.1, 0.15) is 18.0 Å². The number of nitrogen functional groups attached to an aromatic ring is 1. The van der Waals surface area contributed by atoms with E-state index in [0.717, 1.165) is 17.8 Å². The van der Waals surface area contributed by atoms with Gasteiger partial charge >= 0.3 is 6.36 Å². The van der Waals surface area contributed by atoms with E-state index in [2.05, 4.69) is 61.5 Å². The number of rotatable bonds is 12. The average molecular weight is 818 g/mol. The van der Waals surface area contributed by atoms with Gasteiger partial charge in [0.15, 0.2) is 11.6 Å². The van der Waals surface area contributed by atoms with E-state index >= 15 is 0 Å². The van der Waals surface area contributed by atoms with Crippen LogP contribution >= 0.6 is 22.7 Å². The normalized spacial score (nSPS) is 20.8.